The molecule has 0 amide bonds. The van der Waals surface area contributed by atoms with E-state index in [1.165, 1.54) is 0 Å². The lowest BCUT2D eigenvalue weighted by molar-refractivity contribution is 0.102. The molecule has 0 saturated carbocycles. The van der Waals surface area contributed by atoms with Gasteiger partial charge in [0.15, 0.2) is 0 Å². The molecule has 0 rings (SSSR count). The number of hydrogen-bond acceptors (Lipinski definition) is 4. The molecule has 0 aromatic heterocycles. The second-order valence-electron chi connectivity index (χ2n) is 4.58. The lowest BCUT2D eigenvalue weighted by Gasteiger charge is -2.35. The van der Waals surface area contributed by atoms with Crippen molar-refractivity contribution in [1.82, 2.24) is 9.99 Å². The molecular formula is C12H29N2O2P. The fourth-order valence-electron chi connectivity index (χ4n) is 1.82. The van der Waals surface area contributed by atoms with E-state index in [-0.39, 0.29) is 0 Å². The zero-order valence-electron chi connectivity index (χ0n) is 12.2. The Balaban J connectivity index is 3.72. The molecule has 0 saturated heterocycles. The minimum absolute atomic E-state index is 0.510. The van der Waals surface area contributed by atoms with Gasteiger partial charge in [-0.2, -0.15) is 0 Å². The van der Waals surface area contributed by atoms with Crippen molar-refractivity contribution in [2.45, 2.75) is 39.8 Å². The monoisotopic (exact) mass is 264 g/mol. The molecule has 0 aromatic rings. The summed E-state index contributed by atoms with van der Waals surface area (Å²) in [5.41, 5.74) is 0. The summed E-state index contributed by atoms with van der Waals surface area (Å²) in [5.74, 6) is 0. The van der Waals surface area contributed by atoms with Crippen molar-refractivity contribution < 1.29 is 9.26 Å². The average molecular weight is 264 g/mol. The van der Waals surface area contributed by atoms with Gasteiger partial charge < -0.3 is 14.6 Å². The Labute approximate surface area is 108 Å². The minimum Gasteiger partial charge on any atom is -0.378 e. The molecule has 1 unspecified atom stereocenters. The second kappa shape index (κ2) is 10.2. The maximum absolute atomic E-state index is 5.85. The van der Waals surface area contributed by atoms with Crippen molar-refractivity contribution in [3.05, 3.63) is 0 Å². The number of ether oxygens (including phenoxy) is 1. The Morgan fingerprint density at radius 3 is 2.12 bits per heavy atom. The molecule has 5 heteroatoms. The molecule has 1 atom stereocenters. The van der Waals surface area contributed by atoms with E-state index in [4.69, 9.17) is 9.26 Å². The Hall–Kier alpha value is 0.270. The lowest BCUT2D eigenvalue weighted by atomic mass is 10.3. The summed E-state index contributed by atoms with van der Waals surface area (Å²) in [6.45, 7) is 14.0. The van der Waals surface area contributed by atoms with E-state index in [9.17, 15) is 0 Å². The van der Waals surface area contributed by atoms with Crippen LogP contribution in [-0.4, -0.2) is 56.8 Å². The summed E-state index contributed by atoms with van der Waals surface area (Å²) in [6.07, 6.45) is 0. The first-order valence-electron chi connectivity index (χ1n) is 6.38. The van der Waals surface area contributed by atoms with Gasteiger partial charge in [-0.15, -0.1) is 0 Å². The van der Waals surface area contributed by atoms with Crippen LogP contribution in [0.15, 0.2) is 0 Å². The number of rotatable bonds is 10. The molecule has 0 aliphatic carbocycles. The van der Waals surface area contributed by atoms with Gasteiger partial charge in [-0.3, -0.25) is 4.67 Å². The molecule has 4 nitrogen and oxygen atoms in total. The quantitative estimate of drug-likeness (QED) is 0.485. The van der Waals surface area contributed by atoms with Gasteiger partial charge in [-0.1, -0.05) is 0 Å². The number of hydrogen-bond donors (Lipinski definition) is 1. The minimum atomic E-state index is -0.510. The van der Waals surface area contributed by atoms with Crippen LogP contribution in [0.1, 0.15) is 27.7 Å². The molecular weight excluding hydrogens is 235 g/mol. The molecule has 17 heavy (non-hydrogen) atoms. The Morgan fingerprint density at radius 2 is 1.65 bits per heavy atom. The molecule has 0 aromatic carbocycles. The van der Waals surface area contributed by atoms with Crippen molar-refractivity contribution >= 4 is 8.30 Å². The molecule has 0 radical (unpaired) electrons. The zero-order chi connectivity index (χ0) is 13.3. The lowest BCUT2D eigenvalue weighted by Crippen LogP contribution is -2.32. The van der Waals surface area contributed by atoms with Crippen LogP contribution in [0.3, 0.4) is 0 Å². The smallest absolute Gasteiger partial charge is 0.101 e. The van der Waals surface area contributed by atoms with Gasteiger partial charge in [0.25, 0.3) is 0 Å². The molecule has 0 heterocycles. The fraction of sp³-hybridized carbons (Fsp3) is 1.00. The van der Waals surface area contributed by atoms with E-state index in [1.807, 2.05) is 7.05 Å². The first kappa shape index (κ1) is 17.3. The van der Waals surface area contributed by atoms with Gasteiger partial charge in [0, 0.05) is 18.6 Å². The molecule has 0 bridgehead atoms. The standard InChI is InChI=1S/C12H29N2O2P/c1-11(2)14(12(3)4)17(6)16-10-9-15-8-7-13-5/h11-13H,7-10H2,1-6H3. The van der Waals surface area contributed by atoms with Gasteiger partial charge in [-0.05, 0) is 41.4 Å². The summed E-state index contributed by atoms with van der Waals surface area (Å²) in [6, 6.07) is 1.05. The third kappa shape index (κ3) is 8.06. The van der Waals surface area contributed by atoms with Gasteiger partial charge in [0.2, 0.25) is 0 Å². The third-order valence-corrected chi connectivity index (χ3v) is 4.52. The van der Waals surface area contributed by atoms with Crippen molar-refractivity contribution in [1.29, 1.82) is 0 Å². The third-order valence-electron chi connectivity index (χ3n) is 2.39. The van der Waals surface area contributed by atoms with E-state index in [0.717, 1.165) is 13.2 Å². The van der Waals surface area contributed by atoms with Gasteiger partial charge in [0.1, 0.15) is 8.30 Å². The van der Waals surface area contributed by atoms with Crippen molar-refractivity contribution in [2.75, 3.05) is 40.1 Å². The molecule has 0 spiro atoms. The van der Waals surface area contributed by atoms with E-state index < -0.39 is 8.30 Å². The van der Waals surface area contributed by atoms with E-state index in [2.05, 4.69) is 44.3 Å². The van der Waals surface area contributed by atoms with Gasteiger partial charge >= 0.3 is 0 Å². The molecule has 0 fully saturated rings. The molecule has 1 N–H and O–H groups in total. The van der Waals surface area contributed by atoms with Crippen LogP contribution in [0.5, 0.6) is 0 Å². The van der Waals surface area contributed by atoms with Crippen LogP contribution in [0.4, 0.5) is 0 Å². The highest BCUT2D eigenvalue weighted by molar-refractivity contribution is 7.49. The summed E-state index contributed by atoms with van der Waals surface area (Å²) in [7, 11) is 1.42. The van der Waals surface area contributed by atoms with Gasteiger partial charge in [0.05, 0.1) is 19.8 Å². The largest absolute Gasteiger partial charge is 0.378 e. The maximum atomic E-state index is 5.85. The SMILES string of the molecule is CNCCOCCOP(C)N(C(C)C)C(C)C. The summed E-state index contributed by atoms with van der Waals surface area (Å²) in [4.78, 5) is 0. The van der Waals surface area contributed by atoms with Crippen LogP contribution >= 0.6 is 8.30 Å². The summed E-state index contributed by atoms with van der Waals surface area (Å²) >= 11 is 0. The highest BCUT2D eigenvalue weighted by Crippen LogP contribution is 2.40. The normalized spacial score (nSPS) is 13.9. The Morgan fingerprint density at radius 1 is 1.06 bits per heavy atom. The van der Waals surface area contributed by atoms with Crippen LogP contribution in [0, 0.1) is 0 Å². The topological polar surface area (TPSA) is 33.7 Å². The highest BCUT2D eigenvalue weighted by atomic mass is 31.2. The van der Waals surface area contributed by atoms with Crippen LogP contribution < -0.4 is 5.32 Å². The van der Waals surface area contributed by atoms with Crippen molar-refractivity contribution in [2.24, 2.45) is 0 Å². The number of likely N-dealkylation sites (N-methyl/N-ethyl adjacent to an activating group) is 1. The Kier molecular flexibility index (Phi) is 10.4. The average Bonchev–Trinajstić information content (AvgIpc) is 2.22. The van der Waals surface area contributed by atoms with E-state index >= 15 is 0 Å². The first-order chi connectivity index (χ1) is 8.00. The summed E-state index contributed by atoms with van der Waals surface area (Å²) in [5, 5.41) is 3.05. The molecule has 104 valence electrons. The fourth-order valence-corrected chi connectivity index (χ4v) is 3.59. The number of nitrogens with zero attached hydrogens (tertiary/aromatic N) is 1. The van der Waals surface area contributed by atoms with Gasteiger partial charge in [-0.25, -0.2) is 0 Å². The van der Waals surface area contributed by atoms with Crippen LogP contribution in [0.25, 0.3) is 0 Å². The molecule has 0 aliphatic heterocycles. The van der Waals surface area contributed by atoms with Crippen molar-refractivity contribution in [3.8, 4) is 0 Å². The number of nitrogens with one attached hydrogen (secondary N) is 1. The van der Waals surface area contributed by atoms with Crippen LogP contribution in [0.2, 0.25) is 0 Å². The predicted octanol–water partition coefficient (Wildman–Crippen LogP) is 2.30. The molecule has 0 aliphatic rings. The predicted molar refractivity (Wildman–Crippen MR) is 75.7 cm³/mol. The van der Waals surface area contributed by atoms with E-state index in [0.29, 0.717) is 25.3 Å². The first-order valence-corrected chi connectivity index (χ1v) is 8.03. The van der Waals surface area contributed by atoms with Crippen LogP contribution in [-0.2, 0) is 9.26 Å². The van der Waals surface area contributed by atoms with E-state index in [1.54, 1.807) is 0 Å². The zero-order valence-corrected chi connectivity index (χ0v) is 13.1. The second-order valence-corrected chi connectivity index (χ2v) is 6.23. The maximum Gasteiger partial charge on any atom is 0.101 e. The Bertz CT molecular complexity index is 172. The van der Waals surface area contributed by atoms with Crippen molar-refractivity contribution in [3.63, 3.8) is 0 Å². The summed E-state index contributed by atoms with van der Waals surface area (Å²) < 4.78 is 13.7. The highest BCUT2D eigenvalue weighted by Gasteiger charge is 2.20.